The Morgan fingerprint density at radius 2 is 2.16 bits per heavy atom. The molecular weight excluding hydrogens is 274 g/mol. The molecule has 2 aliphatic heterocycles. The summed E-state index contributed by atoms with van der Waals surface area (Å²) in [7, 11) is 0. The first kappa shape index (κ1) is 13.3. The third-order valence-electron chi connectivity index (χ3n) is 4.21. The fraction of sp³-hybridized carbons (Fsp3) is 0.533. The number of hydrogen-bond donors (Lipinski definition) is 0. The number of carbonyl (C=O) groups is 1. The largest absolute Gasteiger partial charge is 0.333 e. The SMILES string of the molecule is CSC1C[C@H]2CC[C@@H](C1)N2C(=O)/C=C/c1cccs1. The van der Waals surface area contributed by atoms with Crippen molar-refractivity contribution >= 4 is 35.1 Å². The van der Waals surface area contributed by atoms with E-state index in [0.29, 0.717) is 12.1 Å². The molecule has 2 aliphatic rings. The second-order valence-corrected chi connectivity index (χ2v) is 7.43. The number of thioether (sulfide) groups is 1. The average Bonchev–Trinajstić information content (AvgIpc) is 3.02. The van der Waals surface area contributed by atoms with E-state index in [4.69, 9.17) is 0 Å². The highest BCUT2D eigenvalue weighted by Crippen LogP contribution is 2.39. The van der Waals surface area contributed by atoms with Crippen LogP contribution in [0.15, 0.2) is 23.6 Å². The monoisotopic (exact) mass is 293 g/mol. The predicted molar refractivity (Wildman–Crippen MR) is 83.5 cm³/mol. The van der Waals surface area contributed by atoms with Crippen LogP contribution in [0.25, 0.3) is 6.08 Å². The molecule has 3 heterocycles. The molecule has 1 unspecified atom stereocenters. The molecule has 0 N–H and O–H groups in total. The smallest absolute Gasteiger partial charge is 0.247 e. The lowest BCUT2D eigenvalue weighted by molar-refractivity contribution is -0.129. The Bertz CT molecular complexity index is 454. The Labute approximate surface area is 122 Å². The molecule has 1 aromatic heterocycles. The number of carbonyl (C=O) groups excluding carboxylic acids is 1. The van der Waals surface area contributed by atoms with Gasteiger partial charge in [0.05, 0.1) is 0 Å². The lowest BCUT2D eigenvalue weighted by atomic mass is 10.0. The number of amides is 1. The van der Waals surface area contributed by atoms with Crippen molar-refractivity contribution in [3.8, 4) is 0 Å². The molecule has 0 spiro atoms. The predicted octanol–water partition coefficient (Wildman–Crippen LogP) is 3.65. The fourth-order valence-corrected chi connectivity index (χ4v) is 4.75. The minimum absolute atomic E-state index is 0.209. The lowest BCUT2D eigenvalue weighted by Crippen LogP contribution is -2.46. The normalized spacial score (nSPS) is 30.2. The number of nitrogens with zero attached hydrogens (tertiary/aromatic N) is 1. The summed E-state index contributed by atoms with van der Waals surface area (Å²) in [5, 5.41) is 2.79. The van der Waals surface area contributed by atoms with E-state index >= 15 is 0 Å². The molecule has 3 atom stereocenters. The summed E-state index contributed by atoms with van der Waals surface area (Å²) < 4.78 is 0. The van der Waals surface area contributed by atoms with Crippen molar-refractivity contribution in [1.82, 2.24) is 4.90 Å². The third-order valence-corrected chi connectivity index (χ3v) is 6.10. The molecule has 2 fully saturated rings. The van der Waals surface area contributed by atoms with Gasteiger partial charge in [0.1, 0.15) is 0 Å². The van der Waals surface area contributed by atoms with Gasteiger partial charge in [-0.25, -0.2) is 0 Å². The van der Waals surface area contributed by atoms with Gasteiger partial charge in [0.25, 0.3) is 0 Å². The van der Waals surface area contributed by atoms with E-state index in [0.717, 1.165) is 10.1 Å². The fourth-order valence-electron chi connectivity index (χ4n) is 3.30. The van der Waals surface area contributed by atoms with Crippen molar-refractivity contribution in [2.24, 2.45) is 0 Å². The first-order valence-corrected chi connectivity index (χ1v) is 9.01. The molecule has 102 valence electrons. The van der Waals surface area contributed by atoms with E-state index < -0.39 is 0 Å². The second-order valence-electron chi connectivity index (χ2n) is 5.31. The topological polar surface area (TPSA) is 20.3 Å². The molecule has 4 heteroatoms. The molecule has 2 bridgehead atoms. The zero-order chi connectivity index (χ0) is 13.2. The van der Waals surface area contributed by atoms with E-state index in [1.54, 1.807) is 17.4 Å². The summed E-state index contributed by atoms with van der Waals surface area (Å²) in [6.45, 7) is 0. The summed E-state index contributed by atoms with van der Waals surface area (Å²) in [4.78, 5) is 15.7. The van der Waals surface area contributed by atoms with E-state index in [9.17, 15) is 4.79 Å². The Morgan fingerprint density at radius 1 is 1.42 bits per heavy atom. The molecule has 1 amide bonds. The van der Waals surface area contributed by atoms with Crippen molar-refractivity contribution in [3.63, 3.8) is 0 Å². The molecule has 0 saturated carbocycles. The molecule has 2 nitrogen and oxygen atoms in total. The zero-order valence-corrected chi connectivity index (χ0v) is 12.8. The number of rotatable bonds is 3. The van der Waals surface area contributed by atoms with Gasteiger partial charge in [-0.3, -0.25) is 4.79 Å². The van der Waals surface area contributed by atoms with Gasteiger partial charge in [-0.1, -0.05) is 6.07 Å². The molecular formula is C15H19NOS2. The van der Waals surface area contributed by atoms with Gasteiger partial charge in [0, 0.05) is 28.3 Å². The molecule has 0 aromatic carbocycles. The Kier molecular flexibility index (Phi) is 3.99. The maximum atomic E-state index is 12.4. The first-order valence-electron chi connectivity index (χ1n) is 6.84. The number of hydrogen-bond acceptors (Lipinski definition) is 3. The third kappa shape index (κ3) is 2.75. The van der Waals surface area contributed by atoms with Gasteiger partial charge < -0.3 is 4.90 Å². The van der Waals surface area contributed by atoms with Crippen molar-refractivity contribution in [2.45, 2.75) is 43.0 Å². The Morgan fingerprint density at radius 3 is 2.74 bits per heavy atom. The van der Waals surface area contributed by atoms with E-state index in [1.165, 1.54) is 25.7 Å². The van der Waals surface area contributed by atoms with Crippen LogP contribution in [0.3, 0.4) is 0 Å². The van der Waals surface area contributed by atoms with Crippen molar-refractivity contribution < 1.29 is 4.79 Å². The van der Waals surface area contributed by atoms with Gasteiger partial charge in [-0.2, -0.15) is 11.8 Å². The summed E-state index contributed by atoms with van der Waals surface area (Å²) in [6.07, 6.45) is 10.6. The maximum Gasteiger partial charge on any atom is 0.247 e. The van der Waals surface area contributed by atoms with Crippen LogP contribution in [0.5, 0.6) is 0 Å². The van der Waals surface area contributed by atoms with Crippen molar-refractivity contribution in [2.75, 3.05) is 6.26 Å². The van der Waals surface area contributed by atoms with Crippen molar-refractivity contribution in [1.29, 1.82) is 0 Å². The molecule has 3 rings (SSSR count). The van der Waals surface area contributed by atoms with E-state index in [-0.39, 0.29) is 5.91 Å². The van der Waals surface area contributed by atoms with Crippen molar-refractivity contribution in [3.05, 3.63) is 28.5 Å². The lowest BCUT2D eigenvalue weighted by Gasteiger charge is -2.37. The van der Waals surface area contributed by atoms with Gasteiger partial charge in [0.15, 0.2) is 0 Å². The van der Waals surface area contributed by atoms with E-state index in [1.807, 2.05) is 35.4 Å². The first-order chi connectivity index (χ1) is 9.28. The maximum absolute atomic E-state index is 12.4. The van der Waals surface area contributed by atoms with Crippen LogP contribution in [-0.4, -0.2) is 34.4 Å². The van der Waals surface area contributed by atoms with Crippen LogP contribution >= 0.6 is 23.1 Å². The Hall–Kier alpha value is -0.740. The van der Waals surface area contributed by atoms with Crippen LogP contribution in [-0.2, 0) is 4.79 Å². The van der Waals surface area contributed by atoms with Gasteiger partial charge >= 0.3 is 0 Å². The van der Waals surface area contributed by atoms with Crippen LogP contribution in [0, 0.1) is 0 Å². The standard InChI is InChI=1S/C15H19NOS2/c1-18-14-9-11-4-5-12(10-14)16(11)15(17)7-6-13-3-2-8-19-13/h2-3,6-8,11-12,14H,4-5,9-10H2,1H3/b7-6+/t11-,12+,14?. The van der Waals surface area contributed by atoms with Crippen LogP contribution in [0.1, 0.15) is 30.6 Å². The highest BCUT2D eigenvalue weighted by Gasteiger charge is 2.42. The molecule has 1 aromatic rings. The minimum atomic E-state index is 0.209. The van der Waals surface area contributed by atoms with Crippen LogP contribution < -0.4 is 0 Å². The van der Waals surface area contributed by atoms with Gasteiger partial charge in [0.2, 0.25) is 5.91 Å². The quantitative estimate of drug-likeness (QED) is 0.793. The summed E-state index contributed by atoms with van der Waals surface area (Å²) in [5.74, 6) is 0.209. The second kappa shape index (κ2) is 5.71. The van der Waals surface area contributed by atoms with Gasteiger partial charge in [-0.05, 0) is 49.5 Å². The summed E-state index contributed by atoms with van der Waals surface area (Å²) in [5.41, 5.74) is 0. The number of piperidine rings is 1. The highest BCUT2D eigenvalue weighted by molar-refractivity contribution is 7.99. The molecule has 0 radical (unpaired) electrons. The van der Waals surface area contributed by atoms with Crippen LogP contribution in [0.2, 0.25) is 0 Å². The highest BCUT2D eigenvalue weighted by atomic mass is 32.2. The van der Waals surface area contributed by atoms with E-state index in [2.05, 4.69) is 11.2 Å². The number of thiophene rings is 1. The molecule has 0 aliphatic carbocycles. The molecule has 19 heavy (non-hydrogen) atoms. The zero-order valence-electron chi connectivity index (χ0n) is 11.1. The summed E-state index contributed by atoms with van der Waals surface area (Å²) in [6, 6.07) is 5.03. The minimum Gasteiger partial charge on any atom is -0.333 e. The average molecular weight is 293 g/mol. The van der Waals surface area contributed by atoms with Gasteiger partial charge in [-0.15, -0.1) is 11.3 Å². The molecule has 2 saturated heterocycles. The van der Waals surface area contributed by atoms with Crippen LogP contribution in [0.4, 0.5) is 0 Å². The number of fused-ring (bicyclic) bond motifs is 2. The summed E-state index contributed by atoms with van der Waals surface area (Å²) >= 11 is 3.64. The Balaban J connectivity index is 1.68.